The van der Waals surface area contributed by atoms with Crippen molar-refractivity contribution in [2.45, 2.75) is 53.3 Å². The Labute approximate surface area is 215 Å². The lowest BCUT2D eigenvalue weighted by molar-refractivity contribution is -0.137. The molecule has 2 aromatic carbocycles. The molecule has 0 bridgehead atoms. The molecule has 0 aliphatic carbocycles. The Balaban J connectivity index is 1.74. The maximum atomic E-state index is 14.0. The summed E-state index contributed by atoms with van der Waals surface area (Å²) in [6.07, 6.45) is 1.56. The van der Waals surface area contributed by atoms with Gasteiger partial charge in [-0.05, 0) is 50.5 Å². The number of alkyl halides is 1. The van der Waals surface area contributed by atoms with Gasteiger partial charge in [0.25, 0.3) is 0 Å². The third-order valence-electron chi connectivity index (χ3n) is 7.29. The summed E-state index contributed by atoms with van der Waals surface area (Å²) < 4.78 is 14.0. The molecule has 1 fully saturated rings. The highest BCUT2D eigenvalue weighted by molar-refractivity contribution is 5.92. The summed E-state index contributed by atoms with van der Waals surface area (Å²) in [4.78, 5) is 32.2. The number of hydrogen-bond acceptors (Lipinski definition) is 4. The summed E-state index contributed by atoms with van der Waals surface area (Å²) in [6, 6.07) is 15.2. The number of hydrogen-bond donors (Lipinski definition) is 1. The fourth-order valence-electron chi connectivity index (χ4n) is 5.06. The summed E-state index contributed by atoms with van der Waals surface area (Å²) >= 11 is 0. The Hall–Kier alpha value is -2.93. The van der Waals surface area contributed by atoms with Crippen LogP contribution < -0.4 is 10.2 Å². The number of amides is 2. The molecule has 7 heteroatoms. The lowest BCUT2D eigenvalue weighted by Gasteiger charge is -2.41. The SMILES string of the molecule is CCC(CC)C(=O)Nc1ccc(N2CCN(C(C(=O)N(CC)CC)c3ccccc3)CC2)c(CF)c1. The zero-order valence-electron chi connectivity index (χ0n) is 22.2. The van der Waals surface area contributed by atoms with Gasteiger partial charge in [-0.1, -0.05) is 44.2 Å². The monoisotopic (exact) mass is 496 g/mol. The topological polar surface area (TPSA) is 55.9 Å². The number of anilines is 2. The molecule has 1 heterocycles. The standard InChI is InChI=1S/C29H41FN4O2/c1-5-22(6-2)28(35)31-25-14-15-26(24(20-25)21-30)33-16-18-34(19-17-33)27(23-12-10-9-11-13-23)29(36)32(7-3)8-4/h9-15,20,22,27H,5-8,16-19,21H2,1-4H3,(H,31,35). The summed E-state index contributed by atoms with van der Waals surface area (Å²) in [7, 11) is 0. The maximum Gasteiger partial charge on any atom is 0.244 e. The molecule has 0 radical (unpaired) electrons. The van der Waals surface area contributed by atoms with Crippen molar-refractivity contribution in [3.63, 3.8) is 0 Å². The molecule has 196 valence electrons. The zero-order valence-corrected chi connectivity index (χ0v) is 22.2. The lowest BCUT2D eigenvalue weighted by atomic mass is 10.0. The Morgan fingerprint density at radius 3 is 2.14 bits per heavy atom. The molecule has 6 nitrogen and oxygen atoms in total. The van der Waals surface area contributed by atoms with E-state index in [2.05, 4.69) is 15.1 Å². The Morgan fingerprint density at radius 1 is 0.944 bits per heavy atom. The highest BCUT2D eigenvalue weighted by atomic mass is 19.1. The van der Waals surface area contributed by atoms with Crippen molar-refractivity contribution >= 4 is 23.2 Å². The van der Waals surface area contributed by atoms with Crippen LogP contribution in [-0.4, -0.2) is 60.9 Å². The van der Waals surface area contributed by atoms with E-state index < -0.39 is 6.67 Å². The third kappa shape index (κ3) is 6.44. The minimum absolute atomic E-state index is 0.0176. The summed E-state index contributed by atoms with van der Waals surface area (Å²) in [6.45, 7) is 11.6. The van der Waals surface area contributed by atoms with E-state index in [1.54, 1.807) is 6.07 Å². The minimum atomic E-state index is -0.600. The number of halogens is 1. The van der Waals surface area contributed by atoms with E-state index in [4.69, 9.17) is 0 Å². The van der Waals surface area contributed by atoms with Crippen LogP contribution in [0.1, 0.15) is 57.7 Å². The average Bonchev–Trinajstić information content (AvgIpc) is 2.91. The van der Waals surface area contributed by atoms with Crippen LogP contribution >= 0.6 is 0 Å². The average molecular weight is 497 g/mol. The second-order valence-corrected chi connectivity index (χ2v) is 9.33. The van der Waals surface area contributed by atoms with Crippen LogP contribution in [0.2, 0.25) is 0 Å². The smallest absolute Gasteiger partial charge is 0.244 e. The van der Waals surface area contributed by atoms with E-state index in [0.717, 1.165) is 24.1 Å². The second-order valence-electron chi connectivity index (χ2n) is 9.33. The molecule has 2 amide bonds. The van der Waals surface area contributed by atoms with Crippen molar-refractivity contribution in [1.29, 1.82) is 0 Å². The van der Waals surface area contributed by atoms with Gasteiger partial charge in [0.05, 0.1) is 0 Å². The first-order valence-corrected chi connectivity index (χ1v) is 13.3. The van der Waals surface area contributed by atoms with Crippen LogP contribution in [0.5, 0.6) is 0 Å². The quantitative estimate of drug-likeness (QED) is 0.461. The van der Waals surface area contributed by atoms with Gasteiger partial charge in [-0.3, -0.25) is 14.5 Å². The number of likely N-dealkylation sites (N-methyl/N-ethyl adjacent to an activating group) is 1. The maximum absolute atomic E-state index is 14.0. The van der Waals surface area contributed by atoms with Crippen molar-refractivity contribution in [2.24, 2.45) is 5.92 Å². The van der Waals surface area contributed by atoms with Crippen molar-refractivity contribution in [3.05, 3.63) is 59.7 Å². The number of nitrogens with one attached hydrogen (secondary N) is 1. The number of nitrogens with zero attached hydrogens (tertiary/aromatic N) is 3. The minimum Gasteiger partial charge on any atom is -0.369 e. The van der Waals surface area contributed by atoms with Gasteiger partial charge in [-0.25, -0.2) is 4.39 Å². The van der Waals surface area contributed by atoms with Crippen LogP contribution in [0.25, 0.3) is 0 Å². The molecular formula is C29H41FN4O2. The van der Waals surface area contributed by atoms with Gasteiger partial charge in [0.1, 0.15) is 12.7 Å². The van der Waals surface area contributed by atoms with Gasteiger partial charge >= 0.3 is 0 Å². The molecule has 1 N–H and O–H groups in total. The lowest BCUT2D eigenvalue weighted by Crippen LogP contribution is -2.51. The fraction of sp³-hybridized carbons (Fsp3) is 0.517. The van der Waals surface area contributed by atoms with Crippen LogP contribution in [0.3, 0.4) is 0 Å². The third-order valence-corrected chi connectivity index (χ3v) is 7.29. The summed E-state index contributed by atoms with van der Waals surface area (Å²) in [5.74, 6) is 0.0702. The van der Waals surface area contributed by atoms with E-state index >= 15 is 0 Å². The van der Waals surface area contributed by atoms with E-state index in [1.165, 1.54) is 0 Å². The number of carbonyl (C=O) groups is 2. The van der Waals surface area contributed by atoms with Gasteiger partial charge < -0.3 is 15.1 Å². The molecular weight excluding hydrogens is 455 g/mol. The summed E-state index contributed by atoms with van der Waals surface area (Å²) in [5.41, 5.74) is 3.06. The van der Waals surface area contributed by atoms with Crippen LogP contribution in [0, 0.1) is 5.92 Å². The molecule has 1 aliphatic heterocycles. The normalized spacial score (nSPS) is 15.1. The number of benzene rings is 2. The van der Waals surface area contributed by atoms with E-state index in [1.807, 2.05) is 75.1 Å². The highest BCUT2D eigenvalue weighted by Gasteiger charge is 2.33. The second kappa shape index (κ2) is 13.4. The molecule has 1 aliphatic rings. The van der Waals surface area contributed by atoms with Crippen molar-refractivity contribution < 1.29 is 14.0 Å². The van der Waals surface area contributed by atoms with Crippen LogP contribution in [0.15, 0.2) is 48.5 Å². The molecule has 0 spiro atoms. The first-order chi connectivity index (χ1) is 17.5. The molecule has 0 aromatic heterocycles. The van der Waals surface area contributed by atoms with E-state index in [0.29, 0.717) is 50.5 Å². The van der Waals surface area contributed by atoms with Gasteiger partial charge in [-0.2, -0.15) is 0 Å². The largest absolute Gasteiger partial charge is 0.369 e. The van der Waals surface area contributed by atoms with Crippen LogP contribution in [-0.2, 0) is 16.3 Å². The zero-order chi connectivity index (χ0) is 26.1. The van der Waals surface area contributed by atoms with E-state index in [-0.39, 0.29) is 23.8 Å². The van der Waals surface area contributed by atoms with Gasteiger partial charge in [0.2, 0.25) is 11.8 Å². The molecule has 1 unspecified atom stereocenters. The van der Waals surface area contributed by atoms with Gasteiger partial charge in [0, 0.05) is 62.1 Å². The predicted molar refractivity (Wildman–Crippen MR) is 145 cm³/mol. The van der Waals surface area contributed by atoms with Crippen molar-refractivity contribution in [2.75, 3.05) is 49.5 Å². The Morgan fingerprint density at radius 2 is 1.58 bits per heavy atom. The van der Waals surface area contributed by atoms with Crippen LogP contribution in [0.4, 0.5) is 15.8 Å². The summed E-state index contributed by atoms with van der Waals surface area (Å²) in [5, 5.41) is 2.95. The fourth-order valence-corrected chi connectivity index (χ4v) is 5.06. The van der Waals surface area contributed by atoms with Crippen molar-refractivity contribution in [3.8, 4) is 0 Å². The molecule has 0 saturated carbocycles. The van der Waals surface area contributed by atoms with Gasteiger partial charge in [-0.15, -0.1) is 0 Å². The number of carbonyl (C=O) groups excluding carboxylic acids is 2. The molecule has 1 atom stereocenters. The molecule has 2 aromatic rings. The molecule has 36 heavy (non-hydrogen) atoms. The highest BCUT2D eigenvalue weighted by Crippen LogP contribution is 2.30. The molecule has 1 saturated heterocycles. The first kappa shape index (κ1) is 27.7. The van der Waals surface area contributed by atoms with Crippen molar-refractivity contribution in [1.82, 2.24) is 9.80 Å². The number of rotatable bonds is 11. The Bertz CT molecular complexity index is 984. The number of piperazine rings is 1. The predicted octanol–water partition coefficient (Wildman–Crippen LogP) is 5.26. The molecule has 3 rings (SSSR count). The first-order valence-electron chi connectivity index (χ1n) is 13.3. The van der Waals surface area contributed by atoms with Gasteiger partial charge in [0.15, 0.2) is 0 Å². The van der Waals surface area contributed by atoms with E-state index in [9.17, 15) is 14.0 Å². The Kier molecular flexibility index (Phi) is 10.3.